The molecule has 1 aromatic heterocycles. The molecule has 3 unspecified atom stereocenters. The molecule has 4 heterocycles. The lowest BCUT2D eigenvalue weighted by Gasteiger charge is -2.31. The zero-order valence-corrected chi connectivity index (χ0v) is 24.8. The first kappa shape index (κ1) is 28.9. The molecule has 0 radical (unpaired) electrons. The van der Waals surface area contributed by atoms with Gasteiger partial charge in [-0.15, -0.1) is 0 Å². The summed E-state index contributed by atoms with van der Waals surface area (Å²) in [4.78, 5) is 68.1. The fraction of sp³-hybridized carbons (Fsp3) is 0.379. The van der Waals surface area contributed by atoms with Crippen molar-refractivity contribution in [3.63, 3.8) is 0 Å². The number of nitro groups is 1. The highest BCUT2D eigenvalue weighted by molar-refractivity contribution is 8.00. The van der Waals surface area contributed by atoms with E-state index in [-0.39, 0.29) is 46.8 Å². The van der Waals surface area contributed by atoms with Gasteiger partial charge in [0.1, 0.15) is 11.8 Å². The number of aromatic nitrogens is 1. The van der Waals surface area contributed by atoms with Crippen LogP contribution in [0.15, 0.2) is 52.3 Å². The van der Waals surface area contributed by atoms with Crippen molar-refractivity contribution in [2.45, 2.75) is 48.9 Å². The minimum Gasteiger partial charge on any atom is -0.504 e. The van der Waals surface area contributed by atoms with E-state index in [1.807, 2.05) is 0 Å². The number of piperidine rings is 1. The minimum atomic E-state index is -0.921. The lowest BCUT2D eigenvalue weighted by Crippen LogP contribution is -2.39. The van der Waals surface area contributed by atoms with Gasteiger partial charge < -0.3 is 14.7 Å². The third-order valence-electron chi connectivity index (χ3n) is 8.01. The number of nitro benzene ring substituents is 1. The standard InChI is InChI=1S/C29H28N4O8S2/c1-2-41-20-14-16(6-11-19(20)34)22-23-24(27(37)32(26(23)36)17-7-9-18(10-8-17)33(39)40)42-28-25(22)43-29(38)31(28)15-21(35)30-12-4-3-5-13-30/h6-11,14,22-24,34H,2-5,12-13,15H2,1H3. The van der Waals surface area contributed by atoms with E-state index in [0.29, 0.717) is 28.6 Å². The van der Waals surface area contributed by atoms with Crippen molar-refractivity contribution in [3.8, 4) is 11.5 Å². The van der Waals surface area contributed by atoms with Gasteiger partial charge in [-0.1, -0.05) is 29.2 Å². The number of rotatable bonds is 7. The van der Waals surface area contributed by atoms with Crippen molar-refractivity contribution in [1.82, 2.24) is 9.47 Å². The average Bonchev–Trinajstić information content (AvgIpc) is 3.45. The molecule has 3 aliphatic rings. The summed E-state index contributed by atoms with van der Waals surface area (Å²) >= 11 is 2.04. The van der Waals surface area contributed by atoms with Crippen LogP contribution in [0.4, 0.5) is 11.4 Å². The van der Waals surface area contributed by atoms with E-state index in [9.17, 15) is 34.4 Å². The smallest absolute Gasteiger partial charge is 0.308 e. The van der Waals surface area contributed by atoms with Gasteiger partial charge in [-0.2, -0.15) is 0 Å². The molecular formula is C29H28N4O8S2. The first-order valence-corrected chi connectivity index (χ1v) is 15.6. The fourth-order valence-electron chi connectivity index (χ4n) is 5.97. The number of benzene rings is 2. The number of phenolic OH excluding ortho intramolecular Hbond substituents is 1. The normalized spacial score (nSPS) is 21.5. The lowest BCUT2D eigenvalue weighted by molar-refractivity contribution is -0.384. The number of ether oxygens (including phenoxy) is 1. The van der Waals surface area contributed by atoms with Gasteiger partial charge in [-0.25, -0.2) is 4.90 Å². The molecule has 0 saturated carbocycles. The molecular weight excluding hydrogens is 596 g/mol. The number of hydrogen-bond acceptors (Lipinski definition) is 10. The van der Waals surface area contributed by atoms with E-state index in [1.54, 1.807) is 24.0 Å². The number of thioether (sulfide) groups is 1. The highest BCUT2D eigenvalue weighted by Crippen LogP contribution is 2.54. The highest BCUT2D eigenvalue weighted by Gasteiger charge is 2.57. The molecule has 14 heteroatoms. The number of carbonyl (C=O) groups is 3. The number of fused-ring (bicyclic) bond motifs is 2. The molecule has 2 fully saturated rings. The molecule has 2 saturated heterocycles. The van der Waals surface area contributed by atoms with Crippen molar-refractivity contribution in [2.75, 3.05) is 24.6 Å². The van der Waals surface area contributed by atoms with E-state index in [4.69, 9.17) is 4.74 Å². The quantitative estimate of drug-likeness (QED) is 0.235. The number of imide groups is 1. The SMILES string of the molecule is CCOc1cc(C2c3sc(=O)n(CC(=O)N4CCCCC4)c3SC3C(=O)N(c4ccc([N+](=O)[O-])cc4)C(=O)C32)ccc1O. The zero-order valence-electron chi connectivity index (χ0n) is 23.1. The fourth-order valence-corrected chi connectivity index (χ4v) is 8.74. The number of phenols is 1. The molecule has 3 atom stereocenters. The Kier molecular flexibility index (Phi) is 7.73. The molecule has 0 bridgehead atoms. The summed E-state index contributed by atoms with van der Waals surface area (Å²) in [7, 11) is 0. The van der Waals surface area contributed by atoms with Gasteiger partial charge >= 0.3 is 4.87 Å². The molecule has 3 aromatic rings. The van der Waals surface area contributed by atoms with Crippen LogP contribution >= 0.6 is 23.1 Å². The van der Waals surface area contributed by atoms with Crippen molar-refractivity contribution in [2.24, 2.45) is 5.92 Å². The van der Waals surface area contributed by atoms with Gasteiger partial charge in [0.05, 0.1) is 28.2 Å². The number of thiazole rings is 1. The average molecular weight is 625 g/mol. The third kappa shape index (κ3) is 5.07. The van der Waals surface area contributed by atoms with Crippen LogP contribution in [0.25, 0.3) is 0 Å². The van der Waals surface area contributed by atoms with E-state index in [0.717, 1.165) is 47.3 Å². The molecule has 2 aromatic carbocycles. The van der Waals surface area contributed by atoms with Crippen LogP contribution in [0.5, 0.6) is 11.5 Å². The molecule has 43 heavy (non-hydrogen) atoms. The summed E-state index contributed by atoms with van der Waals surface area (Å²) in [5.41, 5.74) is 0.598. The van der Waals surface area contributed by atoms with Gasteiger partial charge in [-0.05, 0) is 56.0 Å². The summed E-state index contributed by atoms with van der Waals surface area (Å²) in [6, 6.07) is 9.89. The van der Waals surface area contributed by atoms with Crippen LogP contribution in [0.3, 0.4) is 0 Å². The summed E-state index contributed by atoms with van der Waals surface area (Å²) in [5.74, 6) is -2.74. The number of anilines is 1. The molecule has 3 aliphatic heterocycles. The second-order valence-electron chi connectivity index (χ2n) is 10.6. The van der Waals surface area contributed by atoms with Crippen LogP contribution < -0.4 is 14.5 Å². The number of likely N-dealkylation sites (tertiary alicyclic amines) is 1. The second-order valence-corrected chi connectivity index (χ2v) is 12.7. The van der Waals surface area contributed by atoms with E-state index >= 15 is 0 Å². The Morgan fingerprint density at radius 1 is 1.07 bits per heavy atom. The number of carbonyl (C=O) groups excluding carboxylic acids is 3. The number of nitrogens with zero attached hydrogens (tertiary/aromatic N) is 4. The van der Waals surface area contributed by atoms with Crippen LogP contribution in [-0.4, -0.2) is 62.2 Å². The topological polar surface area (TPSA) is 152 Å². The maximum absolute atomic E-state index is 14.1. The summed E-state index contributed by atoms with van der Waals surface area (Å²) in [5, 5.41) is 21.1. The summed E-state index contributed by atoms with van der Waals surface area (Å²) in [6.45, 7) is 3.14. The number of non-ortho nitro benzene ring substituents is 1. The number of aromatic hydroxyl groups is 1. The maximum Gasteiger partial charge on any atom is 0.308 e. The van der Waals surface area contributed by atoms with E-state index < -0.39 is 33.8 Å². The lowest BCUT2D eigenvalue weighted by atomic mass is 9.83. The summed E-state index contributed by atoms with van der Waals surface area (Å²) in [6.07, 6.45) is 2.86. The van der Waals surface area contributed by atoms with Gasteiger partial charge in [0.2, 0.25) is 17.7 Å². The van der Waals surface area contributed by atoms with Crippen LogP contribution in [0.1, 0.15) is 42.5 Å². The van der Waals surface area contributed by atoms with Crippen LogP contribution in [0, 0.1) is 16.0 Å². The third-order valence-corrected chi connectivity index (χ3v) is 10.6. The molecule has 0 aliphatic carbocycles. The maximum atomic E-state index is 14.1. The Morgan fingerprint density at radius 3 is 2.47 bits per heavy atom. The largest absolute Gasteiger partial charge is 0.504 e. The van der Waals surface area contributed by atoms with Crippen molar-refractivity contribution in [1.29, 1.82) is 0 Å². The van der Waals surface area contributed by atoms with E-state index in [1.165, 1.54) is 34.9 Å². The van der Waals surface area contributed by atoms with Gasteiger partial charge in [0.15, 0.2) is 11.5 Å². The molecule has 0 spiro atoms. The monoisotopic (exact) mass is 624 g/mol. The van der Waals surface area contributed by atoms with Crippen LogP contribution in [-0.2, 0) is 20.9 Å². The van der Waals surface area contributed by atoms with Gasteiger partial charge in [-0.3, -0.25) is 33.9 Å². The highest BCUT2D eigenvalue weighted by atomic mass is 32.2. The minimum absolute atomic E-state index is 0.0909. The molecule has 3 amide bonds. The van der Waals surface area contributed by atoms with Crippen molar-refractivity contribution >= 4 is 52.2 Å². The van der Waals surface area contributed by atoms with Gasteiger partial charge in [0, 0.05) is 36.0 Å². The molecule has 224 valence electrons. The molecule has 12 nitrogen and oxygen atoms in total. The predicted molar refractivity (Wildman–Crippen MR) is 159 cm³/mol. The Labute approximate surface area is 254 Å². The molecule has 6 rings (SSSR count). The van der Waals surface area contributed by atoms with Crippen molar-refractivity contribution in [3.05, 3.63) is 72.7 Å². The van der Waals surface area contributed by atoms with Crippen molar-refractivity contribution < 1.29 is 29.2 Å². The Balaban J connectivity index is 1.44. The van der Waals surface area contributed by atoms with E-state index in [2.05, 4.69) is 0 Å². The Hall–Kier alpha value is -4.17. The Bertz CT molecular complexity index is 1680. The summed E-state index contributed by atoms with van der Waals surface area (Å²) < 4.78 is 7.00. The zero-order chi connectivity index (χ0) is 30.4. The predicted octanol–water partition coefficient (Wildman–Crippen LogP) is 3.73. The first-order chi connectivity index (χ1) is 20.7. The van der Waals surface area contributed by atoms with Gasteiger partial charge in [0.25, 0.3) is 5.69 Å². The Morgan fingerprint density at radius 2 is 1.79 bits per heavy atom. The van der Waals surface area contributed by atoms with Crippen LogP contribution in [0.2, 0.25) is 0 Å². The first-order valence-electron chi connectivity index (χ1n) is 14.0. The number of hydrogen-bond donors (Lipinski definition) is 1. The molecule has 1 N–H and O–H groups in total. The number of amides is 3. The second kappa shape index (κ2) is 11.5.